The van der Waals surface area contributed by atoms with E-state index in [0.29, 0.717) is 16.7 Å². The summed E-state index contributed by atoms with van der Waals surface area (Å²) in [5.74, 6) is 0.768. The van der Waals surface area contributed by atoms with Crippen LogP contribution >= 0.6 is 23.1 Å². The van der Waals surface area contributed by atoms with Gasteiger partial charge in [-0.05, 0) is 24.8 Å². The summed E-state index contributed by atoms with van der Waals surface area (Å²) in [6, 6.07) is 2.10. The number of nitrogens with zero attached hydrogens (tertiary/aromatic N) is 2. The first kappa shape index (κ1) is 14.1. The molecule has 7 heteroatoms. The van der Waals surface area contributed by atoms with Gasteiger partial charge in [-0.2, -0.15) is 0 Å². The molecule has 2 heterocycles. The second kappa shape index (κ2) is 6.21. The fourth-order valence-corrected chi connectivity index (χ4v) is 2.96. The number of rotatable bonds is 5. The van der Waals surface area contributed by atoms with Gasteiger partial charge in [0, 0.05) is 6.04 Å². The number of nitrogens with two attached hydrogens (primary N) is 1. The fourth-order valence-electron chi connectivity index (χ4n) is 1.47. The van der Waals surface area contributed by atoms with Crippen LogP contribution in [-0.4, -0.2) is 27.7 Å². The van der Waals surface area contributed by atoms with Gasteiger partial charge in [0.05, 0.1) is 11.1 Å². The quantitative estimate of drug-likeness (QED) is 0.653. The lowest BCUT2D eigenvalue weighted by molar-refractivity contribution is -0.119. The zero-order valence-electron chi connectivity index (χ0n) is 10.8. The minimum Gasteiger partial charge on any atom is -0.383 e. The highest BCUT2D eigenvalue weighted by Gasteiger charge is 2.10. The summed E-state index contributed by atoms with van der Waals surface area (Å²) in [7, 11) is 0. The summed E-state index contributed by atoms with van der Waals surface area (Å²) in [4.78, 5) is 21.1. The SMILES string of the molecule is CC[C@H](C)NC(=O)CSc1nc(N)c2ccsc2n1. The van der Waals surface area contributed by atoms with Gasteiger partial charge in [0.2, 0.25) is 5.91 Å². The third-order valence-electron chi connectivity index (χ3n) is 2.69. The highest BCUT2D eigenvalue weighted by atomic mass is 32.2. The van der Waals surface area contributed by atoms with E-state index in [2.05, 4.69) is 15.3 Å². The van der Waals surface area contributed by atoms with E-state index in [1.807, 2.05) is 25.3 Å². The number of nitrogen functional groups attached to an aromatic ring is 1. The Morgan fingerprint density at radius 3 is 3.11 bits per heavy atom. The summed E-state index contributed by atoms with van der Waals surface area (Å²) in [5.41, 5.74) is 5.85. The number of nitrogens with one attached hydrogen (secondary N) is 1. The number of thiophene rings is 1. The van der Waals surface area contributed by atoms with Crippen molar-refractivity contribution in [3.05, 3.63) is 11.4 Å². The third-order valence-corrected chi connectivity index (χ3v) is 4.34. The maximum Gasteiger partial charge on any atom is 0.230 e. The highest BCUT2D eigenvalue weighted by molar-refractivity contribution is 7.99. The maximum atomic E-state index is 11.7. The van der Waals surface area contributed by atoms with Crippen molar-refractivity contribution in [2.45, 2.75) is 31.5 Å². The molecule has 0 aromatic carbocycles. The molecule has 0 unspecified atom stereocenters. The number of carbonyl (C=O) groups is 1. The topological polar surface area (TPSA) is 80.9 Å². The van der Waals surface area contributed by atoms with Gasteiger partial charge >= 0.3 is 0 Å². The lowest BCUT2D eigenvalue weighted by Gasteiger charge is -2.10. The molecule has 0 aliphatic rings. The molecule has 19 heavy (non-hydrogen) atoms. The van der Waals surface area contributed by atoms with E-state index in [1.54, 1.807) is 0 Å². The van der Waals surface area contributed by atoms with Crippen LogP contribution in [-0.2, 0) is 4.79 Å². The van der Waals surface area contributed by atoms with E-state index in [-0.39, 0.29) is 11.9 Å². The first-order chi connectivity index (χ1) is 9.10. The van der Waals surface area contributed by atoms with Crippen LogP contribution in [0.5, 0.6) is 0 Å². The summed E-state index contributed by atoms with van der Waals surface area (Å²) in [5, 5.41) is 6.25. The van der Waals surface area contributed by atoms with Crippen LogP contribution in [0.2, 0.25) is 0 Å². The summed E-state index contributed by atoms with van der Waals surface area (Å²) in [6.45, 7) is 4.02. The minimum atomic E-state index is -0.00667. The van der Waals surface area contributed by atoms with E-state index in [1.165, 1.54) is 23.1 Å². The number of thioether (sulfide) groups is 1. The smallest absolute Gasteiger partial charge is 0.230 e. The molecule has 0 bridgehead atoms. The Morgan fingerprint density at radius 1 is 1.58 bits per heavy atom. The number of hydrogen-bond donors (Lipinski definition) is 2. The standard InChI is InChI=1S/C12H16N4OS2/c1-3-7(2)14-9(17)6-19-12-15-10(13)8-4-5-18-11(8)16-12/h4-5,7H,3,6H2,1-2H3,(H,14,17)(H2,13,15,16)/t7-/m0/s1. The van der Waals surface area contributed by atoms with Crippen molar-refractivity contribution in [1.82, 2.24) is 15.3 Å². The van der Waals surface area contributed by atoms with Gasteiger partial charge in [0.1, 0.15) is 10.6 Å². The molecule has 0 radical (unpaired) electrons. The van der Waals surface area contributed by atoms with E-state index >= 15 is 0 Å². The van der Waals surface area contributed by atoms with E-state index < -0.39 is 0 Å². The molecule has 2 aromatic rings. The van der Waals surface area contributed by atoms with Crippen molar-refractivity contribution in [3.63, 3.8) is 0 Å². The number of amides is 1. The molecule has 5 nitrogen and oxygen atoms in total. The van der Waals surface area contributed by atoms with Crippen LogP contribution < -0.4 is 11.1 Å². The van der Waals surface area contributed by atoms with Gasteiger partial charge in [-0.3, -0.25) is 4.79 Å². The second-order valence-electron chi connectivity index (χ2n) is 4.20. The Morgan fingerprint density at radius 2 is 2.37 bits per heavy atom. The van der Waals surface area contributed by atoms with Gasteiger partial charge in [-0.1, -0.05) is 18.7 Å². The Balaban J connectivity index is 1.99. The molecule has 1 amide bonds. The predicted octanol–water partition coefficient (Wildman–Crippen LogP) is 2.28. The van der Waals surface area contributed by atoms with E-state index in [0.717, 1.165) is 16.6 Å². The predicted molar refractivity (Wildman–Crippen MR) is 80.4 cm³/mol. The molecular formula is C12H16N4OS2. The lowest BCUT2D eigenvalue weighted by Crippen LogP contribution is -2.33. The normalized spacial score (nSPS) is 12.5. The molecule has 2 rings (SSSR count). The third kappa shape index (κ3) is 3.57. The number of carbonyl (C=O) groups excluding carboxylic acids is 1. The van der Waals surface area contributed by atoms with Gasteiger partial charge in [-0.15, -0.1) is 11.3 Å². The Labute approximate surface area is 120 Å². The van der Waals surface area contributed by atoms with Crippen molar-refractivity contribution < 1.29 is 4.79 Å². The molecule has 0 saturated carbocycles. The molecule has 102 valence electrons. The van der Waals surface area contributed by atoms with Gasteiger partial charge < -0.3 is 11.1 Å². The van der Waals surface area contributed by atoms with Crippen molar-refractivity contribution in [2.75, 3.05) is 11.5 Å². The van der Waals surface area contributed by atoms with Crippen LogP contribution in [0, 0.1) is 0 Å². The zero-order valence-corrected chi connectivity index (χ0v) is 12.5. The molecular weight excluding hydrogens is 280 g/mol. The average Bonchev–Trinajstić information content (AvgIpc) is 2.85. The number of aromatic nitrogens is 2. The van der Waals surface area contributed by atoms with Crippen molar-refractivity contribution in [1.29, 1.82) is 0 Å². The van der Waals surface area contributed by atoms with Gasteiger partial charge in [-0.25, -0.2) is 9.97 Å². The van der Waals surface area contributed by atoms with Crippen LogP contribution in [0.4, 0.5) is 5.82 Å². The molecule has 3 N–H and O–H groups in total. The second-order valence-corrected chi connectivity index (χ2v) is 6.03. The Kier molecular flexibility index (Phi) is 4.60. The van der Waals surface area contributed by atoms with Crippen molar-refractivity contribution in [2.24, 2.45) is 0 Å². The van der Waals surface area contributed by atoms with Crippen LogP contribution in [0.25, 0.3) is 10.2 Å². The van der Waals surface area contributed by atoms with E-state index in [4.69, 9.17) is 5.73 Å². The largest absolute Gasteiger partial charge is 0.383 e. The molecule has 1 atom stereocenters. The molecule has 0 fully saturated rings. The molecule has 0 saturated heterocycles. The van der Waals surface area contributed by atoms with Crippen molar-refractivity contribution in [3.8, 4) is 0 Å². The van der Waals surface area contributed by atoms with Gasteiger partial charge in [0.15, 0.2) is 5.16 Å². The maximum absolute atomic E-state index is 11.7. The summed E-state index contributed by atoms with van der Waals surface area (Å²) in [6.07, 6.45) is 0.918. The number of fused-ring (bicyclic) bond motifs is 1. The molecule has 2 aromatic heterocycles. The van der Waals surface area contributed by atoms with Crippen LogP contribution in [0.15, 0.2) is 16.6 Å². The van der Waals surface area contributed by atoms with E-state index in [9.17, 15) is 4.79 Å². The molecule has 0 aliphatic heterocycles. The Hall–Kier alpha value is -1.34. The van der Waals surface area contributed by atoms with Gasteiger partial charge in [0.25, 0.3) is 0 Å². The molecule has 0 spiro atoms. The number of hydrogen-bond acceptors (Lipinski definition) is 6. The number of anilines is 1. The fraction of sp³-hybridized carbons (Fsp3) is 0.417. The summed E-state index contributed by atoms with van der Waals surface area (Å²) < 4.78 is 0. The Bertz CT molecular complexity index is 584. The minimum absolute atomic E-state index is 0.00667. The monoisotopic (exact) mass is 296 g/mol. The summed E-state index contributed by atoms with van der Waals surface area (Å²) >= 11 is 2.82. The van der Waals surface area contributed by atoms with Crippen molar-refractivity contribution >= 4 is 45.0 Å². The zero-order chi connectivity index (χ0) is 13.8. The first-order valence-corrected chi connectivity index (χ1v) is 7.89. The van der Waals surface area contributed by atoms with Crippen LogP contribution in [0.1, 0.15) is 20.3 Å². The molecule has 0 aliphatic carbocycles. The average molecular weight is 296 g/mol. The lowest BCUT2D eigenvalue weighted by atomic mass is 10.3. The highest BCUT2D eigenvalue weighted by Crippen LogP contribution is 2.26. The van der Waals surface area contributed by atoms with Crippen LogP contribution in [0.3, 0.4) is 0 Å². The first-order valence-electron chi connectivity index (χ1n) is 6.03.